The molecule has 6 heteroatoms. The van der Waals surface area contributed by atoms with Crippen molar-refractivity contribution in [3.63, 3.8) is 0 Å². The number of nitrogens with zero attached hydrogens (tertiary/aromatic N) is 2. The van der Waals surface area contributed by atoms with E-state index in [4.69, 9.17) is 4.52 Å². The van der Waals surface area contributed by atoms with Crippen LogP contribution in [0.1, 0.15) is 22.6 Å². The maximum absolute atomic E-state index is 13.4. The summed E-state index contributed by atoms with van der Waals surface area (Å²) in [5, 5.41) is 3.80. The molecule has 0 radical (unpaired) electrons. The summed E-state index contributed by atoms with van der Waals surface area (Å²) in [6, 6.07) is 16.9. The molecule has 130 valence electrons. The van der Waals surface area contributed by atoms with E-state index < -0.39 is 10.0 Å². The van der Waals surface area contributed by atoms with E-state index in [9.17, 15) is 8.42 Å². The predicted molar refractivity (Wildman–Crippen MR) is 97.0 cm³/mol. The standard InChI is InChI=1S/C19H20N2O3S/c1-14-9-11-18(12-10-14)21(13-17-7-5-4-6-8-17)25(22,23)19-15(2)20-24-16(19)3/h4-12H,13H2,1-3H3. The number of rotatable bonds is 5. The summed E-state index contributed by atoms with van der Waals surface area (Å²) in [4.78, 5) is 0.129. The van der Waals surface area contributed by atoms with E-state index >= 15 is 0 Å². The largest absolute Gasteiger partial charge is 0.360 e. The lowest BCUT2D eigenvalue weighted by molar-refractivity contribution is 0.390. The minimum atomic E-state index is -3.81. The molecular weight excluding hydrogens is 336 g/mol. The molecule has 5 nitrogen and oxygen atoms in total. The van der Waals surface area contributed by atoms with Crippen molar-refractivity contribution in [1.29, 1.82) is 0 Å². The van der Waals surface area contributed by atoms with Gasteiger partial charge in [0, 0.05) is 0 Å². The molecule has 0 amide bonds. The molecule has 0 unspecified atom stereocenters. The Balaban J connectivity index is 2.12. The first-order valence-corrected chi connectivity index (χ1v) is 9.40. The summed E-state index contributed by atoms with van der Waals surface area (Å²) in [6.45, 7) is 5.45. The second-order valence-corrected chi connectivity index (χ2v) is 7.79. The Kier molecular flexibility index (Phi) is 4.63. The van der Waals surface area contributed by atoms with E-state index in [1.807, 2.05) is 61.5 Å². The summed E-state index contributed by atoms with van der Waals surface area (Å²) in [6.07, 6.45) is 0. The molecule has 1 aromatic heterocycles. The topological polar surface area (TPSA) is 63.4 Å². The Labute approximate surface area is 147 Å². The van der Waals surface area contributed by atoms with Crippen LogP contribution in [-0.4, -0.2) is 13.6 Å². The zero-order chi connectivity index (χ0) is 18.0. The number of anilines is 1. The van der Waals surface area contributed by atoms with E-state index in [0.29, 0.717) is 17.1 Å². The van der Waals surface area contributed by atoms with E-state index in [-0.39, 0.29) is 11.4 Å². The van der Waals surface area contributed by atoms with Crippen molar-refractivity contribution in [3.8, 4) is 0 Å². The Morgan fingerprint density at radius 1 is 0.960 bits per heavy atom. The molecule has 1 heterocycles. The highest BCUT2D eigenvalue weighted by Gasteiger charge is 2.31. The van der Waals surface area contributed by atoms with Gasteiger partial charge in [0.2, 0.25) is 0 Å². The number of aromatic nitrogens is 1. The third-order valence-corrected chi connectivity index (χ3v) is 6.03. The van der Waals surface area contributed by atoms with Crippen molar-refractivity contribution in [2.45, 2.75) is 32.2 Å². The molecule has 0 aliphatic carbocycles. The fourth-order valence-electron chi connectivity index (χ4n) is 2.73. The number of hydrogen-bond donors (Lipinski definition) is 0. The van der Waals surface area contributed by atoms with Gasteiger partial charge in [-0.15, -0.1) is 0 Å². The normalized spacial score (nSPS) is 11.5. The molecule has 25 heavy (non-hydrogen) atoms. The third-order valence-electron chi connectivity index (χ3n) is 4.01. The van der Waals surface area contributed by atoms with Crippen LogP contribution in [0, 0.1) is 20.8 Å². The highest BCUT2D eigenvalue weighted by molar-refractivity contribution is 7.92. The van der Waals surface area contributed by atoms with E-state index in [0.717, 1.165) is 11.1 Å². The number of hydrogen-bond acceptors (Lipinski definition) is 4. The van der Waals surface area contributed by atoms with Gasteiger partial charge in [-0.2, -0.15) is 0 Å². The Bertz CT molecular complexity index is 942. The number of aryl methyl sites for hydroxylation is 3. The first-order valence-electron chi connectivity index (χ1n) is 7.96. The average Bonchev–Trinajstić information content (AvgIpc) is 2.94. The summed E-state index contributed by atoms with van der Waals surface area (Å²) in [7, 11) is -3.81. The lowest BCUT2D eigenvalue weighted by atomic mass is 10.2. The smallest absolute Gasteiger partial charge is 0.270 e. The summed E-state index contributed by atoms with van der Waals surface area (Å²) in [5.74, 6) is 0.294. The van der Waals surface area contributed by atoms with Crippen LogP contribution in [-0.2, 0) is 16.6 Å². The Morgan fingerprint density at radius 2 is 1.60 bits per heavy atom. The molecular formula is C19H20N2O3S. The van der Waals surface area contributed by atoms with Crippen LogP contribution < -0.4 is 4.31 Å². The van der Waals surface area contributed by atoms with E-state index in [1.165, 1.54) is 4.31 Å². The second-order valence-electron chi connectivity index (χ2n) is 5.99. The highest BCUT2D eigenvalue weighted by atomic mass is 32.2. The first kappa shape index (κ1) is 17.2. The maximum Gasteiger partial charge on any atom is 0.270 e. The molecule has 0 N–H and O–H groups in total. The molecule has 0 saturated carbocycles. The molecule has 0 spiro atoms. The maximum atomic E-state index is 13.4. The zero-order valence-corrected chi connectivity index (χ0v) is 15.2. The van der Waals surface area contributed by atoms with Crippen LogP contribution in [0.2, 0.25) is 0 Å². The molecule has 3 aromatic rings. The number of sulfonamides is 1. The Morgan fingerprint density at radius 3 is 2.16 bits per heavy atom. The van der Waals surface area contributed by atoms with Crippen LogP contribution in [0.5, 0.6) is 0 Å². The van der Waals surface area contributed by atoms with E-state index in [1.54, 1.807) is 13.8 Å². The molecule has 0 atom stereocenters. The summed E-state index contributed by atoms with van der Waals surface area (Å²) < 4.78 is 33.2. The Hall–Kier alpha value is -2.60. The van der Waals surface area contributed by atoms with Crippen LogP contribution in [0.4, 0.5) is 5.69 Å². The van der Waals surface area contributed by atoms with Gasteiger partial charge < -0.3 is 4.52 Å². The molecule has 0 saturated heterocycles. The highest BCUT2D eigenvalue weighted by Crippen LogP contribution is 2.29. The summed E-state index contributed by atoms with van der Waals surface area (Å²) >= 11 is 0. The van der Waals surface area contributed by atoms with Crippen molar-refractivity contribution >= 4 is 15.7 Å². The van der Waals surface area contributed by atoms with Gasteiger partial charge >= 0.3 is 0 Å². The van der Waals surface area contributed by atoms with Gasteiger partial charge in [-0.25, -0.2) is 8.42 Å². The fraction of sp³-hybridized carbons (Fsp3) is 0.211. The van der Waals surface area contributed by atoms with Crippen molar-refractivity contribution in [2.24, 2.45) is 0 Å². The minimum Gasteiger partial charge on any atom is -0.360 e. The van der Waals surface area contributed by atoms with Gasteiger partial charge in [-0.3, -0.25) is 4.31 Å². The summed E-state index contributed by atoms with van der Waals surface area (Å²) in [5.41, 5.74) is 2.94. The lowest BCUT2D eigenvalue weighted by Crippen LogP contribution is -2.31. The SMILES string of the molecule is Cc1ccc(N(Cc2ccccc2)S(=O)(=O)c2c(C)noc2C)cc1. The second kappa shape index (κ2) is 6.72. The van der Waals surface area contributed by atoms with E-state index in [2.05, 4.69) is 5.16 Å². The van der Waals surface area contributed by atoms with Crippen LogP contribution in [0.15, 0.2) is 64.0 Å². The minimum absolute atomic E-state index is 0.129. The van der Waals surface area contributed by atoms with Gasteiger partial charge in [0.05, 0.1) is 12.2 Å². The first-order chi connectivity index (χ1) is 11.9. The van der Waals surface area contributed by atoms with Crippen LogP contribution in [0.3, 0.4) is 0 Å². The monoisotopic (exact) mass is 356 g/mol. The van der Waals surface area contributed by atoms with Crippen LogP contribution >= 0.6 is 0 Å². The fourth-order valence-corrected chi connectivity index (χ4v) is 4.48. The van der Waals surface area contributed by atoms with Crippen molar-refractivity contribution in [2.75, 3.05) is 4.31 Å². The van der Waals surface area contributed by atoms with Gasteiger partial charge in [-0.1, -0.05) is 53.2 Å². The molecule has 0 aliphatic rings. The zero-order valence-electron chi connectivity index (χ0n) is 14.4. The van der Waals surface area contributed by atoms with Crippen molar-refractivity contribution in [1.82, 2.24) is 5.16 Å². The molecule has 0 bridgehead atoms. The molecule has 0 fully saturated rings. The van der Waals surface area contributed by atoms with Crippen molar-refractivity contribution < 1.29 is 12.9 Å². The third kappa shape index (κ3) is 3.44. The van der Waals surface area contributed by atoms with Gasteiger partial charge in [0.25, 0.3) is 10.0 Å². The van der Waals surface area contributed by atoms with Gasteiger partial charge in [0.15, 0.2) is 10.7 Å². The lowest BCUT2D eigenvalue weighted by Gasteiger charge is -2.24. The van der Waals surface area contributed by atoms with Crippen molar-refractivity contribution in [3.05, 3.63) is 77.2 Å². The molecule has 0 aliphatic heterocycles. The molecule has 2 aromatic carbocycles. The van der Waals surface area contributed by atoms with Gasteiger partial charge in [-0.05, 0) is 38.5 Å². The molecule has 3 rings (SSSR count). The number of benzene rings is 2. The average molecular weight is 356 g/mol. The van der Waals surface area contributed by atoms with Crippen LogP contribution in [0.25, 0.3) is 0 Å². The van der Waals surface area contributed by atoms with Gasteiger partial charge in [0.1, 0.15) is 5.69 Å². The quantitative estimate of drug-likeness (QED) is 0.693. The predicted octanol–water partition coefficient (Wildman–Crippen LogP) is 4.00.